The number of nitrogens with one attached hydrogen (secondary N) is 2. The molecule has 0 bridgehead atoms. The third-order valence-electron chi connectivity index (χ3n) is 6.77. The van der Waals surface area contributed by atoms with Crippen LogP contribution in [0, 0.1) is 5.92 Å². The van der Waals surface area contributed by atoms with Gasteiger partial charge >= 0.3 is 5.97 Å². The molecule has 2 saturated carbocycles. The number of halogens is 2. The first-order valence-electron chi connectivity index (χ1n) is 11.7. The Hall–Kier alpha value is -1.85. The highest BCUT2D eigenvalue weighted by molar-refractivity contribution is 5.87. The zero-order chi connectivity index (χ0) is 21.6. The molecule has 2 aliphatic rings. The molecule has 0 heterocycles. The van der Waals surface area contributed by atoms with E-state index < -0.39 is 5.97 Å². The molecule has 2 fully saturated rings. The molecule has 2 unspecified atom stereocenters. The lowest BCUT2D eigenvalue weighted by Crippen LogP contribution is -2.40. The number of aromatic carboxylic acids is 1. The first kappa shape index (κ1) is 27.4. The van der Waals surface area contributed by atoms with Crippen LogP contribution < -0.4 is 10.6 Å². The SMILES string of the molecule is CCC(=Cc1ccccc1)C1CC1NC1CCC(NCc2cccc(C(=O)O)c2)CC1.Cl.Cl. The summed E-state index contributed by atoms with van der Waals surface area (Å²) >= 11 is 0. The highest BCUT2D eigenvalue weighted by Crippen LogP contribution is 2.40. The van der Waals surface area contributed by atoms with Crippen LogP contribution in [-0.4, -0.2) is 29.2 Å². The molecular weight excluding hydrogens is 455 g/mol. The van der Waals surface area contributed by atoms with Gasteiger partial charge in [0.1, 0.15) is 0 Å². The molecule has 4 rings (SSSR count). The quantitative estimate of drug-likeness (QED) is 0.397. The maximum atomic E-state index is 11.1. The summed E-state index contributed by atoms with van der Waals surface area (Å²) in [6.45, 7) is 3.01. The van der Waals surface area contributed by atoms with Crippen molar-refractivity contribution in [3.05, 3.63) is 76.9 Å². The summed E-state index contributed by atoms with van der Waals surface area (Å²) in [5.74, 6) is -0.167. The molecule has 180 valence electrons. The fourth-order valence-electron chi connectivity index (χ4n) is 4.87. The van der Waals surface area contributed by atoms with Crippen LogP contribution in [0.25, 0.3) is 6.08 Å². The van der Waals surface area contributed by atoms with Crippen LogP contribution in [0.4, 0.5) is 0 Å². The Bertz CT molecular complexity index is 911. The number of benzene rings is 2. The fourth-order valence-corrected chi connectivity index (χ4v) is 4.87. The van der Waals surface area contributed by atoms with E-state index in [1.54, 1.807) is 17.7 Å². The fraction of sp³-hybridized carbons (Fsp3) is 0.444. The van der Waals surface area contributed by atoms with E-state index in [-0.39, 0.29) is 24.8 Å². The molecule has 2 aromatic carbocycles. The van der Waals surface area contributed by atoms with Gasteiger partial charge in [-0.2, -0.15) is 0 Å². The molecule has 2 aliphatic carbocycles. The van der Waals surface area contributed by atoms with Crippen LogP contribution >= 0.6 is 24.8 Å². The van der Waals surface area contributed by atoms with E-state index in [0.717, 1.165) is 18.5 Å². The standard InChI is InChI=1S/C27H34N2O2.2ClH/c1-2-21(15-19-7-4-3-5-8-19)25-17-26(25)29-24-13-11-23(12-14-24)28-18-20-9-6-10-22(16-20)27(30)31;;/h3-10,15-16,23-26,28-29H,2,11-14,17-18H2,1H3,(H,30,31);2*1H. The van der Waals surface area contributed by atoms with Gasteiger partial charge in [-0.15, -0.1) is 24.8 Å². The summed E-state index contributed by atoms with van der Waals surface area (Å²) in [5.41, 5.74) is 4.28. The van der Waals surface area contributed by atoms with Crippen LogP contribution in [0.1, 0.15) is 66.9 Å². The molecule has 0 aromatic heterocycles. The third-order valence-corrected chi connectivity index (χ3v) is 6.77. The second kappa shape index (κ2) is 13.1. The predicted octanol–water partition coefficient (Wildman–Crippen LogP) is 6.10. The first-order valence-corrected chi connectivity index (χ1v) is 11.7. The number of hydrogen-bond acceptors (Lipinski definition) is 3. The Balaban J connectivity index is 0.00000193. The van der Waals surface area contributed by atoms with Crippen molar-refractivity contribution in [3.8, 4) is 0 Å². The van der Waals surface area contributed by atoms with Crippen LogP contribution in [0.3, 0.4) is 0 Å². The second-order valence-electron chi connectivity index (χ2n) is 9.03. The topological polar surface area (TPSA) is 61.4 Å². The van der Waals surface area contributed by atoms with Crippen molar-refractivity contribution in [3.63, 3.8) is 0 Å². The predicted molar refractivity (Wildman–Crippen MR) is 141 cm³/mol. The lowest BCUT2D eigenvalue weighted by Gasteiger charge is -2.30. The average Bonchev–Trinajstić information content (AvgIpc) is 3.56. The Morgan fingerprint density at radius 3 is 2.36 bits per heavy atom. The molecule has 0 spiro atoms. The van der Waals surface area contributed by atoms with Crippen molar-refractivity contribution >= 4 is 36.9 Å². The smallest absolute Gasteiger partial charge is 0.335 e. The Morgan fingerprint density at radius 1 is 1.00 bits per heavy atom. The molecule has 2 atom stereocenters. The van der Waals surface area contributed by atoms with Crippen LogP contribution in [0.15, 0.2) is 60.2 Å². The van der Waals surface area contributed by atoms with Gasteiger partial charge in [0.15, 0.2) is 0 Å². The molecular formula is C27H36Cl2N2O2. The molecule has 33 heavy (non-hydrogen) atoms. The lowest BCUT2D eigenvalue weighted by atomic mass is 9.90. The van der Waals surface area contributed by atoms with E-state index in [9.17, 15) is 4.79 Å². The number of rotatable bonds is 9. The lowest BCUT2D eigenvalue weighted by molar-refractivity contribution is 0.0696. The van der Waals surface area contributed by atoms with Gasteiger partial charge in [0.2, 0.25) is 0 Å². The van der Waals surface area contributed by atoms with E-state index in [0.29, 0.717) is 29.6 Å². The summed E-state index contributed by atoms with van der Waals surface area (Å²) in [4.78, 5) is 11.1. The highest BCUT2D eigenvalue weighted by atomic mass is 35.5. The minimum absolute atomic E-state index is 0. The van der Waals surface area contributed by atoms with Gasteiger partial charge in [0.25, 0.3) is 0 Å². The van der Waals surface area contributed by atoms with E-state index >= 15 is 0 Å². The largest absolute Gasteiger partial charge is 0.478 e. The molecule has 3 N–H and O–H groups in total. The summed E-state index contributed by atoms with van der Waals surface area (Å²) in [5, 5.41) is 16.7. The maximum absolute atomic E-state index is 11.1. The van der Waals surface area contributed by atoms with E-state index in [1.165, 1.54) is 37.7 Å². The van der Waals surface area contributed by atoms with Crippen molar-refractivity contribution in [2.45, 2.75) is 70.1 Å². The van der Waals surface area contributed by atoms with Gasteiger partial charge in [-0.3, -0.25) is 0 Å². The van der Waals surface area contributed by atoms with Gasteiger partial charge < -0.3 is 15.7 Å². The van der Waals surface area contributed by atoms with Crippen LogP contribution in [-0.2, 0) is 6.54 Å². The minimum Gasteiger partial charge on any atom is -0.478 e. The molecule has 0 amide bonds. The van der Waals surface area contributed by atoms with Crippen LogP contribution in [0.2, 0.25) is 0 Å². The monoisotopic (exact) mass is 490 g/mol. The maximum Gasteiger partial charge on any atom is 0.335 e. The Morgan fingerprint density at radius 2 is 1.70 bits per heavy atom. The Kier molecular flexibility index (Phi) is 10.9. The van der Waals surface area contributed by atoms with Crippen molar-refractivity contribution in [1.82, 2.24) is 10.6 Å². The molecule has 2 aromatic rings. The highest BCUT2D eigenvalue weighted by Gasteiger charge is 2.40. The average molecular weight is 492 g/mol. The second-order valence-corrected chi connectivity index (χ2v) is 9.03. The van der Waals surface area contributed by atoms with Gasteiger partial charge in [-0.05, 0) is 67.7 Å². The normalized spacial score (nSPS) is 24.3. The van der Waals surface area contributed by atoms with Crippen LogP contribution in [0.5, 0.6) is 0 Å². The zero-order valence-corrected chi connectivity index (χ0v) is 20.8. The van der Waals surface area contributed by atoms with Crippen molar-refractivity contribution < 1.29 is 9.90 Å². The summed E-state index contributed by atoms with van der Waals surface area (Å²) in [7, 11) is 0. The van der Waals surface area contributed by atoms with Gasteiger partial charge in [-0.1, -0.05) is 61.0 Å². The summed E-state index contributed by atoms with van der Waals surface area (Å²) in [6, 6.07) is 19.7. The first-order chi connectivity index (χ1) is 15.1. The summed E-state index contributed by atoms with van der Waals surface area (Å²) < 4.78 is 0. The van der Waals surface area contributed by atoms with E-state index in [4.69, 9.17) is 5.11 Å². The third kappa shape index (κ3) is 7.86. The molecule has 0 aliphatic heterocycles. The zero-order valence-electron chi connectivity index (χ0n) is 19.2. The van der Waals surface area contributed by atoms with Gasteiger partial charge in [0.05, 0.1) is 5.56 Å². The van der Waals surface area contributed by atoms with Crippen molar-refractivity contribution in [2.24, 2.45) is 5.92 Å². The number of hydrogen-bond donors (Lipinski definition) is 3. The molecule has 0 saturated heterocycles. The van der Waals surface area contributed by atoms with Gasteiger partial charge in [0, 0.05) is 24.7 Å². The molecule has 0 radical (unpaired) electrons. The molecule has 4 nitrogen and oxygen atoms in total. The van der Waals surface area contributed by atoms with Crippen molar-refractivity contribution in [2.75, 3.05) is 0 Å². The minimum atomic E-state index is -0.864. The van der Waals surface area contributed by atoms with Gasteiger partial charge in [-0.25, -0.2) is 4.79 Å². The number of carboxylic acid groups (broad SMARTS) is 1. The van der Waals surface area contributed by atoms with E-state index in [2.05, 4.69) is 54.0 Å². The molecule has 6 heteroatoms. The van der Waals surface area contributed by atoms with Crippen molar-refractivity contribution in [1.29, 1.82) is 0 Å². The van der Waals surface area contributed by atoms with E-state index in [1.807, 2.05) is 12.1 Å². The number of carbonyl (C=O) groups is 1. The Labute approximate surface area is 210 Å². The summed E-state index contributed by atoms with van der Waals surface area (Å²) in [6.07, 6.45) is 9.54. The number of carboxylic acids is 1.